The molecule has 0 aliphatic carbocycles. The zero-order chi connectivity index (χ0) is 16.4. The van der Waals surface area contributed by atoms with Crippen LogP contribution in [-0.2, 0) is 0 Å². The number of para-hydroxylation sites is 1. The Labute approximate surface area is 144 Å². The Morgan fingerprint density at radius 3 is 2.61 bits per heavy atom. The molecule has 0 saturated heterocycles. The van der Waals surface area contributed by atoms with Crippen molar-refractivity contribution in [1.29, 1.82) is 0 Å². The number of halogens is 2. The lowest BCUT2D eigenvalue weighted by Gasteiger charge is -2.15. The maximum Gasteiger partial charge on any atom is 0.270 e. The molecule has 0 aliphatic heterocycles. The number of hydrogen-bond donors (Lipinski definition) is 1. The van der Waals surface area contributed by atoms with Gasteiger partial charge in [0.2, 0.25) is 0 Å². The summed E-state index contributed by atoms with van der Waals surface area (Å²) in [6, 6.07) is 16.4. The molecule has 0 saturated carbocycles. The van der Waals surface area contributed by atoms with Gasteiger partial charge >= 0.3 is 0 Å². The van der Waals surface area contributed by atoms with Gasteiger partial charge in [-0.3, -0.25) is 4.79 Å². The third-order valence-electron chi connectivity index (χ3n) is 3.62. The number of amides is 1. The van der Waals surface area contributed by atoms with E-state index < -0.39 is 0 Å². The number of rotatable bonds is 3. The predicted molar refractivity (Wildman–Crippen MR) is 94.1 cm³/mol. The molecule has 3 aromatic rings. The maximum atomic E-state index is 12.4. The summed E-state index contributed by atoms with van der Waals surface area (Å²) in [5, 5.41) is 4.88. The number of hydrogen-bond acceptors (Lipinski definition) is 2. The second-order valence-corrected chi connectivity index (χ2v) is 6.07. The summed E-state index contributed by atoms with van der Waals surface area (Å²) in [5.74, 6) is -0.227. The molecule has 0 fully saturated rings. The molecule has 0 aliphatic rings. The molecule has 1 amide bonds. The molecular formula is C18H14Cl2N2O. The number of nitrogens with zero attached hydrogens (tertiary/aromatic N) is 1. The first-order valence-electron chi connectivity index (χ1n) is 7.16. The normalized spacial score (nSPS) is 12.1. The second-order valence-electron chi connectivity index (χ2n) is 5.26. The molecule has 1 atom stereocenters. The van der Waals surface area contributed by atoms with E-state index in [1.165, 1.54) is 0 Å². The zero-order valence-corrected chi connectivity index (χ0v) is 13.9. The van der Waals surface area contributed by atoms with E-state index in [1.54, 1.807) is 18.2 Å². The van der Waals surface area contributed by atoms with Crippen LogP contribution >= 0.6 is 23.2 Å². The number of pyridine rings is 1. The average molecular weight is 345 g/mol. The average Bonchev–Trinajstić information content (AvgIpc) is 2.56. The molecule has 0 bridgehead atoms. The Morgan fingerprint density at radius 2 is 1.83 bits per heavy atom. The smallest absolute Gasteiger partial charge is 0.270 e. The number of fused-ring (bicyclic) bond motifs is 1. The van der Waals surface area contributed by atoms with E-state index in [1.807, 2.05) is 43.3 Å². The van der Waals surface area contributed by atoms with E-state index in [0.29, 0.717) is 15.7 Å². The van der Waals surface area contributed by atoms with Gasteiger partial charge in [0.25, 0.3) is 5.91 Å². The SMILES string of the molecule is C[C@H](NC(=O)c1ccc2ccccc2n1)c1ccc(Cl)c(Cl)c1. The summed E-state index contributed by atoms with van der Waals surface area (Å²) in [4.78, 5) is 16.8. The minimum absolute atomic E-state index is 0.203. The molecule has 116 valence electrons. The van der Waals surface area contributed by atoms with Crippen molar-refractivity contribution in [3.63, 3.8) is 0 Å². The third-order valence-corrected chi connectivity index (χ3v) is 4.36. The van der Waals surface area contributed by atoms with E-state index >= 15 is 0 Å². The molecule has 23 heavy (non-hydrogen) atoms. The van der Waals surface area contributed by atoms with Crippen molar-refractivity contribution in [3.8, 4) is 0 Å². The Hall–Kier alpha value is -2.10. The Balaban J connectivity index is 1.80. The summed E-state index contributed by atoms with van der Waals surface area (Å²) < 4.78 is 0. The van der Waals surface area contributed by atoms with Gasteiger partial charge in [0.15, 0.2) is 0 Å². The zero-order valence-electron chi connectivity index (χ0n) is 12.4. The first kappa shape index (κ1) is 15.8. The molecule has 1 heterocycles. The first-order chi connectivity index (χ1) is 11.0. The number of carbonyl (C=O) groups is 1. The topological polar surface area (TPSA) is 42.0 Å². The van der Waals surface area contributed by atoms with E-state index in [-0.39, 0.29) is 11.9 Å². The maximum absolute atomic E-state index is 12.4. The van der Waals surface area contributed by atoms with E-state index in [4.69, 9.17) is 23.2 Å². The molecule has 1 aromatic heterocycles. The largest absolute Gasteiger partial charge is 0.344 e. The fourth-order valence-corrected chi connectivity index (χ4v) is 2.63. The van der Waals surface area contributed by atoms with Crippen molar-refractivity contribution in [2.75, 3.05) is 0 Å². The molecule has 1 N–H and O–H groups in total. The number of benzene rings is 2. The fourth-order valence-electron chi connectivity index (χ4n) is 2.33. The molecule has 0 radical (unpaired) electrons. The van der Waals surface area contributed by atoms with Crippen molar-refractivity contribution in [2.45, 2.75) is 13.0 Å². The lowest BCUT2D eigenvalue weighted by molar-refractivity contribution is 0.0935. The van der Waals surface area contributed by atoms with Gasteiger partial charge in [-0.2, -0.15) is 0 Å². The van der Waals surface area contributed by atoms with Gasteiger partial charge in [-0.25, -0.2) is 4.98 Å². The quantitative estimate of drug-likeness (QED) is 0.723. The van der Waals surface area contributed by atoms with Crippen molar-refractivity contribution < 1.29 is 4.79 Å². The Bertz CT molecular complexity index is 880. The lowest BCUT2D eigenvalue weighted by Crippen LogP contribution is -2.27. The van der Waals surface area contributed by atoms with Crippen LogP contribution in [0.3, 0.4) is 0 Å². The Morgan fingerprint density at radius 1 is 1.04 bits per heavy atom. The van der Waals surface area contributed by atoms with Gasteiger partial charge in [0.05, 0.1) is 21.6 Å². The van der Waals surface area contributed by atoms with Crippen molar-refractivity contribution in [3.05, 3.63) is 75.9 Å². The highest BCUT2D eigenvalue weighted by molar-refractivity contribution is 6.42. The number of aromatic nitrogens is 1. The van der Waals surface area contributed by atoms with Gasteiger partial charge in [-0.1, -0.05) is 53.5 Å². The first-order valence-corrected chi connectivity index (χ1v) is 7.92. The molecule has 3 nitrogen and oxygen atoms in total. The molecule has 5 heteroatoms. The highest BCUT2D eigenvalue weighted by Gasteiger charge is 2.14. The van der Waals surface area contributed by atoms with Crippen LogP contribution in [0.5, 0.6) is 0 Å². The van der Waals surface area contributed by atoms with Crippen LogP contribution in [0.15, 0.2) is 54.6 Å². The van der Waals surface area contributed by atoms with Crippen molar-refractivity contribution >= 4 is 40.0 Å². The monoisotopic (exact) mass is 344 g/mol. The van der Waals surface area contributed by atoms with Crippen LogP contribution in [0.1, 0.15) is 29.0 Å². The summed E-state index contributed by atoms with van der Waals surface area (Å²) in [5.41, 5.74) is 2.06. The number of carbonyl (C=O) groups excluding carboxylic acids is 1. The predicted octanol–water partition coefficient (Wildman–Crippen LogP) is 5.03. The summed E-state index contributed by atoms with van der Waals surface area (Å²) in [7, 11) is 0. The third kappa shape index (κ3) is 3.46. The van der Waals surface area contributed by atoms with Gasteiger partial charge in [0, 0.05) is 5.39 Å². The van der Waals surface area contributed by atoms with E-state index in [9.17, 15) is 4.79 Å². The second kappa shape index (κ2) is 6.57. The van der Waals surface area contributed by atoms with Crippen LogP contribution in [0.25, 0.3) is 10.9 Å². The molecule has 2 aromatic carbocycles. The van der Waals surface area contributed by atoms with Gasteiger partial charge in [0.1, 0.15) is 5.69 Å². The molecule has 3 rings (SSSR count). The van der Waals surface area contributed by atoms with Crippen LogP contribution in [0, 0.1) is 0 Å². The minimum Gasteiger partial charge on any atom is -0.344 e. The van der Waals surface area contributed by atoms with Crippen LogP contribution < -0.4 is 5.32 Å². The van der Waals surface area contributed by atoms with Crippen LogP contribution in [-0.4, -0.2) is 10.9 Å². The van der Waals surface area contributed by atoms with Crippen molar-refractivity contribution in [2.24, 2.45) is 0 Å². The summed E-state index contributed by atoms with van der Waals surface area (Å²) in [6.45, 7) is 1.89. The van der Waals surface area contributed by atoms with Crippen LogP contribution in [0.4, 0.5) is 0 Å². The van der Waals surface area contributed by atoms with E-state index in [0.717, 1.165) is 16.5 Å². The molecular weight excluding hydrogens is 331 g/mol. The highest BCUT2D eigenvalue weighted by Crippen LogP contribution is 2.25. The number of nitrogens with one attached hydrogen (secondary N) is 1. The summed E-state index contributed by atoms with van der Waals surface area (Å²) in [6.07, 6.45) is 0. The van der Waals surface area contributed by atoms with Crippen LogP contribution in [0.2, 0.25) is 10.0 Å². The molecule has 0 spiro atoms. The Kier molecular flexibility index (Phi) is 4.51. The molecule has 0 unspecified atom stereocenters. The highest BCUT2D eigenvalue weighted by atomic mass is 35.5. The van der Waals surface area contributed by atoms with Crippen molar-refractivity contribution in [1.82, 2.24) is 10.3 Å². The van der Waals surface area contributed by atoms with Gasteiger partial charge in [-0.05, 0) is 36.8 Å². The fraction of sp³-hybridized carbons (Fsp3) is 0.111. The standard InChI is InChI=1S/C18H14Cl2N2O/c1-11(13-6-8-14(19)15(20)10-13)21-18(23)17-9-7-12-4-2-3-5-16(12)22-17/h2-11H,1H3,(H,21,23)/t11-/m0/s1. The van der Waals surface area contributed by atoms with E-state index in [2.05, 4.69) is 10.3 Å². The van der Waals surface area contributed by atoms with Gasteiger partial charge < -0.3 is 5.32 Å². The summed E-state index contributed by atoms with van der Waals surface area (Å²) >= 11 is 11.9. The van der Waals surface area contributed by atoms with Gasteiger partial charge in [-0.15, -0.1) is 0 Å². The minimum atomic E-state index is -0.227. The lowest BCUT2D eigenvalue weighted by atomic mass is 10.1.